The molecule has 0 aliphatic carbocycles. The third kappa shape index (κ3) is 3.24. The molecule has 0 aromatic carbocycles. The average Bonchev–Trinajstić information content (AvgIpc) is 3.10. The molecule has 24 heavy (non-hydrogen) atoms. The number of ether oxygens (including phenoxy) is 1. The zero-order valence-electron chi connectivity index (χ0n) is 12.2. The number of nitrogens with zero attached hydrogens (tertiary/aromatic N) is 4. The lowest BCUT2D eigenvalue weighted by atomic mass is 10.2. The van der Waals surface area contributed by atoms with Crippen LogP contribution in [0.15, 0.2) is 18.3 Å². The lowest BCUT2D eigenvalue weighted by molar-refractivity contribution is -0.137. The topological polar surface area (TPSA) is 88.8 Å². The molecule has 1 N–H and O–H groups in total. The van der Waals surface area contributed by atoms with Crippen molar-refractivity contribution in [3.05, 3.63) is 29.7 Å². The van der Waals surface area contributed by atoms with Crippen molar-refractivity contribution in [3.8, 4) is 0 Å². The summed E-state index contributed by atoms with van der Waals surface area (Å²) in [6.45, 7) is 0.380. The second-order valence-corrected chi connectivity index (χ2v) is 5.07. The molecule has 1 saturated heterocycles. The van der Waals surface area contributed by atoms with Crippen LogP contribution in [0.4, 0.5) is 18.0 Å². The first-order valence-corrected chi connectivity index (χ1v) is 6.94. The number of amides is 2. The fourth-order valence-electron chi connectivity index (χ4n) is 2.21. The van der Waals surface area contributed by atoms with E-state index in [0.29, 0.717) is 6.54 Å². The number of nitrogens with one attached hydrogen (secondary N) is 1. The van der Waals surface area contributed by atoms with Crippen molar-refractivity contribution in [1.29, 1.82) is 0 Å². The van der Waals surface area contributed by atoms with Crippen molar-refractivity contribution in [3.63, 3.8) is 0 Å². The largest absolute Gasteiger partial charge is 0.448 e. The molecule has 1 aliphatic heterocycles. The minimum Gasteiger partial charge on any atom is -0.448 e. The van der Waals surface area contributed by atoms with Gasteiger partial charge >= 0.3 is 12.3 Å². The van der Waals surface area contributed by atoms with Gasteiger partial charge in [0.15, 0.2) is 11.5 Å². The van der Waals surface area contributed by atoms with Gasteiger partial charge in [0.25, 0.3) is 0 Å². The number of hydrogen-bond donors (Lipinski definition) is 1. The monoisotopic (exact) mass is 343 g/mol. The fourth-order valence-corrected chi connectivity index (χ4v) is 2.21. The summed E-state index contributed by atoms with van der Waals surface area (Å²) in [5.41, 5.74) is -0.803. The van der Waals surface area contributed by atoms with Gasteiger partial charge < -0.3 is 10.1 Å². The van der Waals surface area contributed by atoms with Crippen LogP contribution >= 0.6 is 0 Å². The van der Waals surface area contributed by atoms with E-state index in [9.17, 15) is 22.8 Å². The molecule has 0 spiro atoms. The minimum atomic E-state index is -4.47. The lowest BCUT2D eigenvalue weighted by Gasteiger charge is -2.12. The molecule has 0 saturated carbocycles. The lowest BCUT2D eigenvalue weighted by Crippen LogP contribution is -2.37. The summed E-state index contributed by atoms with van der Waals surface area (Å²) < 4.78 is 44.0. The van der Waals surface area contributed by atoms with Crippen LogP contribution in [0, 0.1) is 0 Å². The van der Waals surface area contributed by atoms with E-state index < -0.39 is 23.7 Å². The summed E-state index contributed by atoms with van der Waals surface area (Å²) in [5.74, 6) is -0.159. The van der Waals surface area contributed by atoms with Crippen molar-refractivity contribution in [2.24, 2.45) is 0 Å². The molecule has 0 radical (unpaired) electrons. The Labute approximate surface area is 133 Å². The van der Waals surface area contributed by atoms with E-state index in [0.717, 1.165) is 12.1 Å². The van der Waals surface area contributed by atoms with Gasteiger partial charge in [0.05, 0.1) is 18.7 Å². The molecule has 3 rings (SSSR count). The Morgan fingerprint density at radius 2 is 2.17 bits per heavy atom. The molecule has 1 fully saturated rings. The normalized spacial score (nSPS) is 15.0. The number of rotatable bonds is 4. The van der Waals surface area contributed by atoms with Crippen LogP contribution in [0.1, 0.15) is 11.4 Å². The molecule has 128 valence electrons. The molecule has 0 atom stereocenters. The Kier molecular flexibility index (Phi) is 3.99. The van der Waals surface area contributed by atoms with E-state index >= 15 is 0 Å². The van der Waals surface area contributed by atoms with Crippen molar-refractivity contribution in [2.45, 2.75) is 12.7 Å². The molecule has 3 heterocycles. The van der Waals surface area contributed by atoms with E-state index in [1.165, 1.54) is 15.5 Å². The van der Waals surface area contributed by atoms with Crippen molar-refractivity contribution in [2.75, 3.05) is 19.7 Å². The van der Waals surface area contributed by atoms with Crippen LogP contribution < -0.4 is 5.32 Å². The van der Waals surface area contributed by atoms with Crippen LogP contribution in [0.3, 0.4) is 0 Å². The van der Waals surface area contributed by atoms with Gasteiger partial charge in [-0.15, -0.1) is 10.2 Å². The number of fused-ring (bicyclic) bond motifs is 1. The van der Waals surface area contributed by atoms with Crippen LogP contribution in [0.5, 0.6) is 0 Å². The summed E-state index contributed by atoms with van der Waals surface area (Å²) in [6, 6.07) is 1.78. The zero-order chi connectivity index (χ0) is 17.3. The summed E-state index contributed by atoms with van der Waals surface area (Å²) in [5, 5.41) is 9.96. The summed E-state index contributed by atoms with van der Waals surface area (Å²) in [4.78, 5) is 24.3. The van der Waals surface area contributed by atoms with E-state index in [4.69, 9.17) is 4.74 Å². The van der Waals surface area contributed by atoms with E-state index in [-0.39, 0.29) is 31.2 Å². The first-order valence-electron chi connectivity index (χ1n) is 6.94. The standard InChI is InChI=1S/C13H12F3N5O3/c14-13(15,16)8-1-2-21-9(5-8)18-19-10(21)6-17-11(22)7-20-3-4-24-12(20)23/h1-2,5H,3-4,6-7H2,(H,17,22). The third-order valence-electron chi connectivity index (χ3n) is 3.43. The molecule has 0 unspecified atom stereocenters. The smallest absolute Gasteiger partial charge is 0.416 e. The highest BCUT2D eigenvalue weighted by atomic mass is 19.4. The van der Waals surface area contributed by atoms with Gasteiger partial charge in [0, 0.05) is 6.20 Å². The zero-order valence-corrected chi connectivity index (χ0v) is 12.2. The average molecular weight is 343 g/mol. The number of aromatic nitrogens is 3. The van der Waals surface area contributed by atoms with Gasteiger partial charge in [-0.05, 0) is 12.1 Å². The second kappa shape index (κ2) is 5.98. The molecular formula is C13H12F3N5O3. The number of pyridine rings is 1. The minimum absolute atomic E-state index is 0.0252. The van der Waals surface area contributed by atoms with E-state index in [1.54, 1.807) is 0 Å². The van der Waals surface area contributed by atoms with Crippen LogP contribution in [0.25, 0.3) is 5.65 Å². The molecule has 2 aromatic heterocycles. The third-order valence-corrected chi connectivity index (χ3v) is 3.43. The van der Waals surface area contributed by atoms with Crippen molar-refractivity contribution < 1.29 is 27.5 Å². The highest BCUT2D eigenvalue weighted by molar-refractivity contribution is 5.82. The second-order valence-electron chi connectivity index (χ2n) is 5.07. The Balaban J connectivity index is 1.65. The number of halogens is 3. The van der Waals surface area contributed by atoms with Gasteiger partial charge in [-0.2, -0.15) is 13.2 Å². The Bertz CT molecular complexity index is 789. The van der Waals surface area contributed by atoms with Gasteiger partial charge in [-0.25, -0.2) is 4.79 Å². The van der Waals surface area contributed by atoms with Crippen LogP contribution in [-0.4, -0.2) is 51.2 Å². The van der Waals surface area contributed by atoms with Crippen LogP contribution in [0.2, 0.25) is 0 Å². The summed E-state index contributed by atoms with van der Waals surface area (Å²) >= 11 is 0. The van der Waals surface area contributed by atoms with Crippen LogP contribution in [-0.2, 0) is 22.3 Å². The molecule has 8 nitrogen and oxygen atoms in total. The van der Waals surface area contributed by atoms with Gasteiger partial charge in [0.2, 0.25) is 5.91 Å². The first kappa shape index (κ1) is 16.0. The predicted octanol–water partition coefficient (Wildman–Crippen LogP) is 0.817. The summed E-state index contributed by atoms with van der Waals surface area (Å²) in [7, 11) is 0. The predicted molar refractivity (Wildman–Crippen MR) is 72.8 cm³/mol. The molecule has 2 amide bonds. The molecular weight excluding hydrogens is 331 g/mol. The number of carbonyl (C=O) groups is 2. The first-order chi connectivity index (χ1) is 11.3. The van der Waals surface area contributed by atoms with Crippen molar-refractivity contribution in [1.82, 2.24) is 24.8 Å². The maximum Gasteiger partial charge on any atom is 0.416 e. The number of alkyl halides is 3. The Hall–Kier alpha value is -2.85. The highest BCUT2D eigenvalue weighted by Gasteiger charge is 2.31. The maximum atomic E-state index is 12.6. The van der Waals surface area contributed by atoms with E-state index in [2.05, 4.69) is 15.5 Å². The van der Waals surface area contributed by atoms with E-state index in [1.807, 2.05) is 0 Å². The summed E-state index contributed by atoms with van der Waals surface area (Å²) in [6.07, 6.45) is -3.83. The molecule has 2 aromatic rings. The van der Waals surface area contributed by atoms with Crippen molar-refractivity contribution >= 4 is 17.6 Å². The SMILES string of the molecule is O=C(CN1CCOC1=O)NCc1nnc2cc(C(F)(F)F)ccn12. The van der Waals surface area contributed by atoms with Gasteiger partial charge in [-0.1, -0.05) is 0 Å². The molecule has 1 aliphatic rings. The molecule has 11 heteroatoms. The van der Waals surface area contributed by atoms with Gasteiger partial charge in [0.1, 0.15) is 13.2 Å². The fraction of sp³-hybridized carbons (Fsp3) is 0.385. The highest BCUT2D eigenvalue weighted by Crippen LogP contribution is 2.29. The number of cyclic esters (lactones) is 1. The quantitative estimate of drug-likeness (QED) is 0.888. The Morgan fingerprint density at radius 1 is 1.38 bits per heavy atom. The number of carbonyl (C=O) groups excluding carboxylic acids is 2. The number of hydrogen-bond acceptors (Lipinski definition) is 5. The molecule has 0 bridgehead atoms. The van der Waals surface area contributed by atoms with Gasteiger partial charge in [-0.3, -0.25) is 14.1 Å². The maximum absolute atomic E-state index is 12.6. The Morgan fingerprint density at radius 3 is 2.83 bits per heavy atom.